The van der Waals surface area contributed by atoms with E-state index in [2.05, 4.69) is 9.80 Å². The minimum atomic E-state index is -0.384. The van der Waals surface area contributed by atoms with Crippen molar-refractivity contribution in [1.29, 1.82) is 0 Å². The maximum absolute atomic E-state index is 13.0. The number of piperidine rings is 1. The van der Waals surface area contributed by atoms with Gasteiger partial charge in [-0.05, 0) is 44.0 Å². The first-order chi connectivity index (χ1) is 11.5. The van der Waals surface area contributed by atoms with Crippen molar-refractivity contribution in [1.82, 2.24) is 9.80 Å². The SMILES string of the molecule is C[C@H](C(=O)N1CCC[C@H](O)C1)N1CCN(c2ccc(F)cc2)CC1. The first kappa shape index (κ1) is 17.2. The van der Waals surface area contributed by atoms with E-state index in [0.29, 0.717) is 6.54 Å². The molecule has 0 spiro atoms. The Bertz CT molecular complexity index is 558. The standard InChI is InChI=1S/C18H26FN3O2/c1-14(18(24)22-8-2-3-17(23)13-22)20-9-11-21(12-10-20)16-6-4-15(19)5-7-16/h4-7,14,17,23H,2-3,8-13H2,1H3/t14-,17+/m1/s1. The number of hydrogen-bond acceptors (Lipinski definition) is 4. The van der Waals surface area contributed by atoms with Gasteiger partial charge in [-0.25, -0.2) is 4.39 Å². The summed E-state index contributed by atoms with van der Waals surface area (Å²) in [6, 6.07) is 6.40. The summed E-state index contributed by atoms with van der Waals surface area (Å²) in [7, 11) is 0. The van der Waals surface area contributed by atoms with E-state index in [1.807, 2.05) is 6.92 Å². The van der Waals surface area contributed by atoms with Gasteiger partial charge in [-0.15, -0.1) is 0 Å². The van der Waals surface area contributed by atoms with Crippen molar-refractivity contribution in [3.63, 3.8) is 0 Å². The van der Waals surface area contributed by atoms with E-state index in [0.717, 1.165) is 51.3 Å². The fourth-order valence-electron chi connectivity index (χ4n) is 3.59. The number of β-amino-alcohol motifs (C(OH)–C–C–N with tert-alkyl or cyclic N) is 1. The number of carbonyl (C=O) groups excluding carboxylic acids is 1. The molecule has 2 saturated heterocycles. The number of nitrogens with zero attached hydrogens (tertiary/aromatic N) is 3. The lowest BCUT2D eigenvalue weighted by Gasteiger charge is -2.40. The van der Waals surface area contributed by atoms with Gasteiger partial charge in [0.15, 0.2) is 0 Å². The molecule has 6 heteroatoms. The molecule has 2 aliphatic heterocycles. The van der Waals surface area contributed by atoms with Crippen LogP contribution >= 0.6 is 0 Å². The van der Waals surface area contributed by atoms with Crippen molar-refractivity contribution in [3.8, 4) is 0 Å². The summed E-state index contributed by atoms with van der Waals surface area (Å²) in [4.78, 5) is 18.9. The highest BCUT2D eigenvalue weighted by atomic mass is 19.1. The molecule has 3 rings (SSSR count). The van der Waals surface area contributed by atoms with Crippen LogP contribution < -0.4 is 4.90 Å². The van der Waals surface area contributed by atoms with Crippen LogP contribution in [0, 0.1) is 5.82 Å². The Hall–Kier alpha value is -1.66. The number of aliphatic hydroxyl groups is 1. The Morgan fingerprint density at radius 3 is 2.46 bits per heavy atom. The molecule has 1 aromatic carbocycles. The number of piperazine rings is 1. The topological polar surface area (TPSA) is 47.0 Å². The lowest BCUT2D eigenvalue weighted by molar-refractivity contribution is -0.139. The second-order valence-electron chi connectivity index (χ2n) is 6.76. The monoisotopic (exact) mass is 335 g/mol. The molecule has 0 radical (unpaired) electrons. The number of hydrogen-bond donors (Lipinski definition) is 1. The molecule has 24 heavy (non-hydrogen) atoms. The Labute approximate surface area is 142 Å². The fraction of sp³-hybridized carbons (Fsp3) is 0.611. The van der Waals surface area contributed by atoms with Crippen molar-refractivity contribution in [2.75, 3.05) is 44.2 Å². The molecule has 1 N–H and O–H groups in total. The van der Waals surface area contributed by atoms with Crippen LogP contribution in [0.3, 0.4) is 0 Å². The molecule has 0 aliphatic carbocycles. The molecule has 0 aromatic heterocycles. The lowest BCUT2D eigenvalue weighted by atomic mass is 10.1. The van der Waals surface area contributed by atoms with Crippen molar-refractivity contribution in [2.45, 2.75) is 31.9 Å². The second-order valence-corrected chi connectivity index (χ2v) is 6.76. The maximum Gasteiger partial charge on any atom is 0.239 e. The van der Waals surface area contributed by atoms with Crippen molar-refractivity contribution in [2.24, 2.45) is 0 Å². The molecular weight excluding hydrogens is 309 g/mol. The Morgan fingerprint density at radius 1 is 1.17 bits per heavy atom. The Balaban J connectivity index is 1.53. The zero-order valence-corrected chi connectivity index (χ0v) is 14.2. The molecule has 0 unspecified atom stereocenters. The van der Waals surface area contributed by atoms with Gasteiger partial charge in [0.05, 0.1) is 12.1 Å². The van der Waals surface area contributed by atoms with Crippen LogP contribution in [0.2, 0.25) is 0 Å². The van der Waals surface area contributed by atoms with E-state index in [1.54, 1.807) is 17.0 Å². The highest BCUT2D eigenvalue weighted by Gasteiger charge is 2.31. The number of anilines is 1. The lowest BCUT2D eigenvalue weighted by Crippen LogP contribution is -2.56. The third kappa shape index (κ3) is 3.87. The third-order valence-electron chi connectivity index (χ3n) is 5.12. The van der Waals surface area contributed by atoms with Gasteiger partial charge >= 0.3 is 0 Å². The number of aliphatic hydroxyl groups excluding tert-OH is 1. The quantitative estimate of drug-likeness (QED) is 0.905. The van der Waals surface area contributed by atoms with Crippen LogP contribution in [-0.4, -0.2) is 72.2 Å². The first-order valence-electron chi connectivity index (χ1n) is 8.76. The summed E-state index contributed by atoms with van der Waals surface area (Å²) in [5, 5.41) is 9.76. The van der Waals surface area contributed by atoms with Crippen LogP contribution in [0.15, 0.2) is 24.3 Å². The number of carbonyl (C=O) groups is 1. The van der Waals surface area contributed by atoms with Crippen LogP contribution in [0.1, 0.15) is 19.8 Å². The average molecular weight is 335 g/mol. The number of halogens is 1. The van der Waals surface area contributed by atoms with E-state index < -0.39 is 0 Å². The molecule has 2 fully saturated rings. The fourth-order valence-corrected chi connectivity index (χ4v) is 3.59. The summed E-state index contributed by atoms with van der Waals surface area (Å²) in [5.74, 6) is -0.107. The molecule has 1 amide bonds. The molecular formula is C18H26FN3O2. The van der Waals surface area contributed by atoms with E-state index in [-0.39, 0.29) is 23.9 Å². The zero-order chi connectivity index (χ0) is 17.1. The molecule has 1 aromatic rings. The molecule has 132 valence electrons. The van der Waals surface area contributed by atoms with Gasteiger partial charge in [0.2, 0.25) is 5.91 Å². The van der Waals surface area contributed by atoms with Gasteiger partial charge in [-0.2, -0.15) is 0 Å². The molecule has 2 atom stereocenters. The Kier molecular flexibility index (Phi) is 5.36. The maximum atomic E-state index is 13.0. The van der Waals surface area contributed by atoms with Crippen molar-refractivity contribution >= 4 is 11.6 Å². The molecule has 2 aliphatic rings. The first-order valence-corrected chi connectivity index (χ1v) is 8.76. The number of amides is 1. The average Bonchev–Trinajstić information content (AvgIpc) is 2.61. The van der Waals surface area contributed by atoms with E-state index in [9.17, 15) is 14.3 Å². The normalized spacial score (nSPS) is 24.0. The summed E-state index contributed by atoms with van der Waals surface area (Å²) in [5.41, 5.74) is 1.02. The van der Waals surface area contributed by atoms with E-state index in [4.69, 9.17) is 0 Å². The minimum Gasteiger partial charge on any atom is -0.391 e. The van der Waals surface area contributed by atoms with Gasteiger partial charge in [0, 0.05) is 45.0 Å². The highest BCUT2D eigenvalue weighted by Crippen LogP contribution is 2.19. The molecule has 0 saturated carbocycles. The van der Waals surface area contributed by atoms with Crippen LogP contribution in [0.25, 0.3) is 0 Å². The number of rotatable bonds is 3. The van der Waals surface area contributed by atoms with E-state index in [1.165, 1.54) is 12.1 Å². The molecule has 2 heterocycles. The number of likely N-dealkylation sites (tertiary alicyclic amines) is 1. The van der Waals surface area contributed by atoms with Crippen molar-refractivity contribution < 1.29 is 14.3 Å². The molecule has 0 bridgehead atoms. The largest absolute Gasteiger partial charge is 0.391 e. The minimum absolute atomic E-state index is 0.115. The van der Waals surface area contributed by atoms with Gasteiger partial charge in [-0.1, -0.05) is 0 Å². The zero-order valence-electron chi connectivity index (χ0n) is 14.2. The smallest absolute Gasteiger partial charge is 0.239 e. The highest BCUT2D eigenvalue weighted by molar-refractivity contribution is 5.81. The third-order valence-corrected chi connectivity index (χ3v) is 5.12. The summed E-state index contributed by atoms with van der Waals surface area (Å²) in [6.07, 6.45) is 1.28. The van der Waals surface area contributed by atoms with Gasteiger partial charge in [-0.3, -0.25) is 9.69 Å². The van der Waals surface area contributed by atoms with E-state index >= 15 is 0 Å². The second kappa shape index (κ2) is 7.49. The van der Waals surface area contributed by atoms with Gasteiger partial charge < -0.3 is 14.9 Å². The van der Waals surface area contributed by atoms with Gasteiger partial charge in [0.1, 0.15) is 5.82 Å². The molecule has 5 nitrogen and oxygen atoms in total. The van der Waals surface area contributed by atoms with Crippen molar-refractivity contribution in [3.05, 3.63) is 30.1 Å². The van der Waals surface area contributed by atoms with Crippen LogP contribution in [0.4, 0.5) is 10.1 Å². The summed E-state index contributed by atoms with van der Waals surface area (Å²) < 4.78 is 13.0. The Morgan fingerprint density at radius 2 is 1.83 bits per heavy atom. The predicted octanol–water partition coefficient (Wildman–Crippen LogP) is 1.32. The predicted molar refractivity (Wildman–Crippen MR) is 91.5 cm³/mol. The summed E-state index contributed by atoms with van der Waals surface area (Å²) in [6.45, 7) is 6.42. The van der Waals surface area contributed by atoms with Gasteiger partial charge in [0.25, 0.3) is 0 Å². The summed E-state index contributed by atoms with van der Waals surface area (Å²) >= 11 is 0. The van der Waals surface area contributed by atoms with Crippen LogP contribution in [0.5, 0.6) is 0 Å². The van der Waals surface area contributed by atoms with Crippen LogP contribution in [-0.2, 0) is 4.79 Å². The number of benzene rings is 1.